The van der Waals surface area contributed by atoms with E-state index >= 15 is 0 Å². The zero-order chi connectivity index (χ0) is 11.8. The largest absolute Gasteiger partial charge is 0.382 e. The minimum atomic E-state index is 0.305. The SMILES string of the molecule is CCC1CC(n2cnc3c(N)ncnc32)CO1. The molecule has 17 heavy (non-hydrogen) atoms. The Labute approximate surface area is 98.8 Å². The van der Waals surface area contributed by atoms with Crippen LogP contribution in [0.4, 0.5) is 5.82 Å². The zero-order valence-electron chi connectivity index (χ0n) is 9.71. The van der Waals surface area contributed by atoms with E-state index in [0.717, 1.165) is 18.5 Å². The number of anilines is 1. The quantitative estimate of drug-likeness (QED) is 0.841. The summed E-state index contributed by atoms with van der Waals surface area (Å²) >= 11 is 0. The lowest BCUT2D eigenvalue weighted by Crippen LogP contribution is -2.09. The number of hydrogen-bond donors (Lipinski definition) is 1. The molecule has 3 heterocycles. The van der Waals surface area contributed by atoms with Crippen LogP contribution in [-0.2, 0) is 4.74 Å². The zero-order valence-corrected chi connectivity index (χ0v) is 9.71. The van der Waals surface area contributed by atoms with E-state index in [2.05, 4.69) is 21.9 Å². The number of imidazole rings is 1. The van der Waals surface area contributed by atoms with E-state index in [1.54, 1.807) is 6.33 Å². The topological polar surface area (TPSA) is 78.9 Å². The molecule has 0 bridgehead atoms. The fraction of sp³-hybridized carbons (Fsp3) is 0.545. The van der Waals surface area contributed by atoms with E-state index in [1.807, 2.05) is 4.57 Å². The lowest BCUT2D eigenvalue weighted by atomic mass is 10.1. The Bertz CT molecular complexity index is 538. The molecule has 1 aliphatic heterocycles. The Kier molecular flexibility index (Phi) is 2.44. The minimum Gasteiger partial charge on any atom is -0.382 e. The van der Waals surface area contributed by atoms with Gasteiger partial charge in [-0.15, -0.1) is 0 Å². The third-order valence-corrected chi connectivity index (χ3v) is 3.30. The maximum Gasteiger partial charge on any atom is 0.165 e. The van der Waals surface area contributed by atoms with Gasteiger partial charge in [0, 0.05) is 0 Å². The molecule has 1 fully saturated rings. The van der Waals surface area contributed by atoms with Gasteiger partial charge in [-0.05, 0) is 12.8 Å². The molecule has 0 amide bonds. The molecule has 90 valence electrons. The van der Waals surface area contributed by atoms with Crippen LogP contribution in [0.5, 0.6) is 0 Å². The number of ether oxygens (including phenoxy) is 1. The summed E-state index contributed by atoms with van der Waals surface area (Å²) in [7, 11) is 0. The van der Waals surface area contributed by atoms with Crippen molar-refractivity contribution in [3.8, 4) is 0 Å². The molecule has 0 saturated carbocycles. The van der Waals surface area contributed by atoms with E-state index in [4.69, 9.17) is 10.5 Å². The van der Waals surface area contributed by atoms with Crippen LogP contribution in [0.15, 0.2) is 12.7 Å². The molecule has 0 aliphatic carbocycles. The Balaban J connectivity index is 1.99. The van der Waals surface area contributed by atoms with Crippen molar-refractivity contribution in [1.82, 2.24) is 19.5 Å². The molecule has 0 radical (unpaired) electrons. The Hall–Kier alpha value is -1.69. The van der Waals surface area contributed by atoms with Gasteiger partial charge in [0.1, 0.15) is 11.8 Å². The third-order valence-electron chi connectivity index (χ3n) is 3.30. The summed E-state index contributed by atoms with van der Waals surface area (Å²) in [6.07, 6.45) is 5.65. The average Bonchev–Trinajstić information content (AvgIpc) is 2.94. The van der Waals surface area contributed by atoms with E-state index in [0.29, 0.717) is 30.1 Å². The molecule has 0 aromatic carbocycles. The van der Waals surface area contributed by atoms with E-state index < -0.39 is 0 Å². The molecular weight excluding hydrogens is 218 g/mol. The average molecular weight is 233 g/mol. The highest BCUT2D eigenvalue weighted by molar-refractivity contribution is 5.81. The van der Waals surface area contributed by atoms with Crippen LogP contribution in [0.1, 0.15) is 25.8 Å². The first-order chi connectivity index (χ1) is 8.29. The third kappa shape index (κ3) is 1.64. The Morgan fingerprint density at radius 1 is 1.47 bits per heavy atom. The van der Waals surface area contributed by atoms with Gasteiger partial charge in [0.25, 0.3) is 0 Å². The predicted octanol–water partition coefficient (Wildman–Crippen LogP) is 1.15. The van der Waals surface area contributed by atoms with Gasteiger partial charge in [-0.3, -0.25) is 0 Å². The van der Waals surface area contributed by atoms with Crippen molar-refractivity contribution >= 4 is 17.0 Å². The number of nitrogen functional groups attached to an aromatic ring is 1. The number of aromatic nitrogens is 4. The highest BCUT2D eigenvalue weighted by atomic mass is 16.5. The fourth-order valence-corrected chi connectivity index (χ4v) is 2.30. The summed E-state index contributed by atoms with van der Waals surface area (Å²) in [6, 6.07) is 0.305. The monoisotopic (exact) mass is 233 g/mol. The fourth-order valence-electron chi connectivity index (χ4n) is 2.30. The summed E-state index contributed by atoms with van der Waals surface area (Å²) in [6.45, 7) is 2.85. The summed E-state index contributed by atoms with van der Waals surface area (Å²) in [5, 5.41) is 0. The molecule has 1 saturated heterocycles. The van der Waals surface area contributed by atoms with Crippen molar-refractivity contribution in [1.29, 1.82) is 0 Å². The highest BCUT2D eigenvalue weighted by Crippen LogP contribution is 2.28. The standard InChI is InChI=1S/C11H15N5O/c1-2-8-3-7(4-17-8)16-6-15-9-10(12)13-5-14-11(9)16/h5-8H,2-4H2,1H3,(H2,12,13,14). The molecule has 0 spiro atoms. The van der Waals surface area contributed by atoms with Crippen LogP contribution in [0.25, 0.3) is 11.2 Å². The highest BCUT2D eigenvalue weighted by Gasteiger charge is 2.27. The first kappa shape index (κ1) is 10.5. The van der Waals surface area contributed by atoms with E-state index in [-0.39, 0.29) is 0 Å². The van der Waals surface area contributed by atoms with Crippen LogP contribution >= 0.6 is 0 Å². The summed E-state index contributed by atoms with van der Waals surface area (Å²) < 4.78 is 7.74. The first-order valence-corrected chi connectivity index (χ1v) is 5.84. The maximum atomic E-state index is 5.76. The van der Waals surface area contributed by atoms with Gasteiger partial charge in [0.15, 0.2) is 11.5 Å². The smallest absolute Gasteiger partial charge is 0.165 e. The molecular formula is C11H15N5O. The Morgan fingerprint density at radius 3 is 3.12 bits per heavy atom. The van der Waals surface area contributed by atoms with Crippen LogP contribution < -0.4 is 5.73 Å². The molecule has 6 heteroatoms. The van der Waals surface area contributed by atoms with Gasteiger partial charge >= 0.3 is 0 Å². The second kappa shape index (κ2) is 3.96. The van der Waals surface area contributed by atoms with Crippen LogP contribution in [0, 0.1) is 0 Å². The van der Waals surface area contributed by atoms with Crippen molar-refractivity contribution in [3.05, 3.63) is 12.7 Å². The number of nitrogens with two attached hydrogens (primary N) is 1. The van der Waals surface area contributed by atoms with Crippen molar-refractivity contribution in [3.63, 3.8) is 0 Å². The molecule has 6 nitrogen and oxygen atoms in total. The molecule has 1 aliphatic rings. The molecule has 2 N–H and O–H groups in total. The number of fused-ring (bicyclic) bond motifs is 1. The molecule has 2 unspecified atom stereocenters. The number of nitrogens with zero attached hydrogens (tertiary/aromatic N) is 4. The van der Waals surface area contributed by atoms with Crippen molar-refractivity contribution < 1.29 is 4.74 Å². The first-order valence-electron chi connectivity index (χ1n) is 5.84. The van der Waals surface area contributed by atoms with Gasteiger partial charge in [0.2, 0.25) is 0 Å². The second-order valence-electron chi connectivity index (χ2n) is 4.34. The Morgan fingerprint density at radius 2 is 2.35 bits per heavy atom. The predicted molar refractivity (Wildman–Crippen MR) is 63.4 cm³/mol. The maximum absolute atomic E-state index is 5.76. The normalized spacial score (nSPS) is 24.5. The van der Waals surface area contributed by atoms with Gasteiger partial charge < -0.3 is 15.0 Å². The summed E-state index contributed by atoms with van der Waals surface area (Å²) in [5.74, 6) is 0.430. The van der Waals surface area contributed by atoms with E-state index in [9.17, 15) is 0 Å². The summed E-state index contributed by atoms with van der Waals surface area (Å²) in [4.78, 5) is 12.5. The van der Waals surface area contributed by atoms with Crippen LogP contribution in [0.2, 0.25) is 0 Å². The molecule has 3 rings (SSSR count). The van der Waals surface area contributed by atoms with Crippen LogP contribution in [-0.4, -0.2) is 32.2 Å². The lowest BCUT2D eigenvalue weighted by Gasteiger charge is -2.10. The minimum absolute atomic E-state index is 0.305. The number of hydrogen-bond acceptors (Lipinski definition) is 5. The van der Waals surface area contributed by atoms with Gasteiger partial charge in [-0.25, -0.2) is 15.0 Å². The molecule has 2 aromatic rings. The van der Waals surface area contributed by atoms with Crippen molar-refractivity contribution in [2.24, 2.45) is 0 Å². The summed E-state index contributed by atoms with van der Waals surface area (Å²) in [5.41, 5.74) is 7.23. The van der Waals surface area contributed by atoms with Gasteiger partial charge in [-0.2, -0.15) is 0 Å². The van der Waals surface area contributed by atoms with Crippen LogP contribution in [0.3, 0.4) is 0 Å². The van der Waals surface area contributed by atoms with Gasteiger partial charge in [-0.1, -0.05) is 6.92 Å². The second-order valence-corrected chi connectivity index (χ2v) is 4.34. The van der Waals surface area contributed by atoms with E-state index in [1.165, 1.54) is 6.33 Å². The number of rotatable bonds is 2. The molecule has 2 aromatic heterocycles. The van der Waals surface area contributed by atoms with Gasteiger partial charge in [0.05, 0.1) is 25.1 Å². The molecule has 2 atom stereocenters. The lowest BCUT2D eigenvalue weighted by molar-refractivity contribution is 0.104. The van der Waals surface area contributed by atoms with Crippen molar-refractivity contribution in [2.45, 2.75) is 31.9 Å². The van der Waals surface area contributed by atoms with Crippen molar-refractivity contribution in [2.75, 3.05) is 12.3 Å².